The standard InChI is InChI=1S/C30H19BrClF5N2O4/c1-43-19-5-2-14(3-6-19)13-39-26(20-11-17(33)4-7-22(20)32)24-23(12-21(31)27(40)25(24)29(39)42)38-28(41)15-8-16(30(35,36)37)10-18(34)9-15/h2-12,26,40H,13H2,1H3,(H,38,41). The third-order valence-corrected chi connectivity index (χ3v) is 7.80. The second-order valence-corrected chi connectivity index (χ2v) is 10.8. The molecule has 0 spiro atoms. The molecule has 1 atom stereocenters. The van der Waals surface area contributed by atoms with Gasteiger partial charge in [0.1, 0.15) is 23.1 Å². The Labute approximate surface area is 254 Å². The zero-order valence-electron chi connectivity index (χ0n) is 21.9. The fourth-order valence-electron chi connectivity index (χ4n) is 4.89. The number of methoxy groups -OCH3 is 1. The lowest BCUT2D eigenvalue weighted by Crippen LogP contribution is -2.28. The number of alkyl halides is 3. The number of halogens is 7. The van der Waals surface area contributed by atoms with Crippen molar-refractivity contribution >= 4 is 45.0 Å². The highest BCUT2D eigenvalue weighted by atomic mass is 79.9. The zero-order chi connectivity index (χ0) is 31.2. The number of aromatic hydroxyl groups is 1. The van der Waals surface area contributed by atoms with E-state index < -0.39 is 52.5 Å². The maximum atomic E-state index is 14.5. The van der Waals surface area contributed by atoms with Crippen molar-refractivity contribution in [3.63, 3.8) is 0 Å². The molecule has 0 saturated heterocycles. The van der Waals surface area contributed by atoms with E-state index in [9.17, 15) is 36.6 Å². The Bertz CT molecular complexity index is 1770. The Morgan fingerprint density at radius 2 is 1.74 bits per heavy atom. The van der Waals surface area contributed by atoms with Crippen molar-refractivity contribution in [2.45, 2.75) is 18.8 Å². The van der Waals surface area contributed by atoms with Crippen molar-refractivity contribution in [3.05, 3.63) is 121 Å². The summed E-state index contributed by atoms with van der Waals surface area (Å²) >= 11 is 9.62. The van der Waals surface area contributed by atoms with Crippen LogP contribution in [-0.4, -0.2) is 28.9 Å². The molecule has 0 fully saturated rings. The van der Waals surface area contributed by atoms with E-state index in [4.69, 9.17) is 16.3 Å². The summed E-state index contributed by atoms with van der Waals surface area (Å²) in [5.41, 5.74) is -1.64. The fourth-order valence-corrected chi connectivity index (χ4v) is 5.54. The van der Waals surface area contributed by atoms with Crippen LogP contribution >= 0.6 is 27.5 Å². The Morgan fingerprint density at radius 1 is 1.05 bits per heavy atom. The molecule has 4 aromatic rings. The van der Waals surface area contributed by atoms with E-state index in [1.807, 2.05) is 0 Å². The van der Waals surface area contributed by atoms with Gasteiger partial charge in [-0.2, -0.15) is 13.2 Å². The SMILES string of the molecule is COc1ccc(CN2C(=O)c3c(O)c(Br)cc(NC(=O)c4cc(F)cc(C(F)(F)F)c4)c3C2c2cc(F)ccc2Cl)cc1. The van der Waals surface area contributed by atoms with Crippen molar-refractivity contribution in [2.75, 3.05) is 12.4 Å². The second-order valence-electron chi connectivity index (χ2n) is 9.57. The Hall–Kier alpha value is -4.16. The highest BCUT2D eigenvalue weighted by Gasteiger charge is 2.44. The van der Waals surface area contributed by atoms with Crippen molar-refractivity contribution in [1.29, 1.82) is 0 Å². The average Bonchev–Trinajstić information content (AvgIpc) is 3.24. The molecule has 1 aliphatic rings. The van der Waals surface area contributed by atoms with Crippen LogP contribution in [0.15, 0.2) is 71.2 Å². The molecule has 4 aromatic carbocycles. The molecule has 2 amide bonds. The van der Waals surface area contributed by atoms with Crippen LogP contribution in [0.1, 0.15) is 49.0 Å². The average molecular weight is 682 g/mol. The van der Waals surface area contributed by atoms with Crippen LogP contribution in [0.25, 0.3) is 0 Å². The number of rotatable bonds is 6. The molecule has 0 aromatic heterocycles. The molecule has 222 valence electrons. The van der Waals surface area contributed by atoms with Gasteiger partial charge in [-0.3, -0.25) is 9.59 Å². The number of fused-ring (bicyclic) bond motifs is 1. The monoisotopic (exact) mass is 680 g/mol. The smallest absolute Gasteiger partial charge is 0.416 e. The predicted octanol–water partition coefficient (Wildman–Crippen LogP) is 8.11. The number of benzene rings is 4. The van der Waals surface area contributed by atoms with Gasteiger partial charge in [0, 0.05) is 33.9 Å². The third-order valence-electron chi connectivity index (χ3n) is 6.85. The molecule has 0 radical (unpaired) electrons. The molecule has 5 rings (SSSR count). The van der Waals surface area contributed by atoms with Crippen LogP contribution in [0.5, 0.6) is 11.5 Å². The number of carbonyl (C=O) groups excluding carboxylic acids is 2. The first-order valence-electron chi connectivity index (χ1n) is 12.4. The van der Waals surface area contributed by atoms with E-state index in [2.05, 4.69) is 21.2 Å². The van der Waals surface area contributed by atoms with E-state index in [0.717, 1.165) is 12.1 Å². The second kappa shape index (κ2) is 11.5. The number of hydrogen-bond donors (Lipinski definition) is 2. The molecular weight excluding hydrogens is 663 g/mol. The Kier molecular flexibility index (Phi) is 8.10. The van der Waals surface area contributed by atoms with Gasteiger partial charge in [0.05, 0.1) is 28.8 Å². The van der Waals surface area contributed by atoms with Crippen LogP contribution in [0.4, 0.5) is 27.6 Å². The maximum Gasteiger partial charge on any atom is 0.416 e. The van der Waals surface area contributed by atoms with Crippen LogP contribution in [-0.2, 0) is 12.7 Å². The van der Waals surface area contributed by atoms with Gasteiger partial charge < -0.3 is 20.1 Å². The van der Waals surface area contributed by atoms with E-state index in [-0.39, 0.29) is 44.5 Å². The summed E-state index contributed by atoms with van der Waals surface area (Å²) in [5.74, 6) is -3.73. The van der Waals surface area contributed by atoms with Crippen molar-refractivity contribution in [1.82, 2.24) is 4.90 Å². The predicted molar refractivity (Wildman–Crippen MR) is 151 cm³/mol. The summed E-state index contributed by atoms with van der Waals surface area (Å²) in [4.78, 5) is 28.4. The molecular formula is C30H19BrClF5N2O4. The van der Waals surface area contributed by atoms with Gasteiger partial charge in [-0.25, -0.2) is 8.78 Å². The minimum absolute atomic E-state index is 0.00695. The lowest BCUT2D eigenvalue weighted by Gasteiger charge is -2.28. The minimum atomic E-state index is -4.92. The normalized spacial score (nSPS) is 14.6. The van der Waals surface area contributed by atoms with Crippen molar-refractivity contribution < 1.29 is 41.4 Å². The molecule has 2 N–H and O–H groups in total. The number of amides is 2. The van der Waals surface area contributed by atoms with E-state index in [1.165, 1.54) is 24.1 Å². The topological polar surface area (TPSA) is 78.9 Å². The van der Waals surface area contributed by atoms with Gasteiger partial charge in [0.25, 0.3) is 11.8 Å². The van der Waals surface area contributed by atoms with Crippen molar-refractivity contribution in [3.8, 4) is 11.5 Å². The number of anilines is 1. The highest BCUT2D eigenvalue weighted by molar-refractivity contribution is 9.10. The Balaban J connectivity index is 1.66. The molecule has 1 aliphatic heterocycles. The molecule has 13 heteroatoms. The molecule has 6 nitrogen and oxygen atoms in total. The van der Waals surface area contributed by atoms with Gasteiger partial charge in [0.2, 0.25) is 0 Å². The fraction of sp³-hybridized carbons (Fsp3) is 0.133. The number of ether oxygens (including phenoxy) is 1. The van der Waals surface area contributed by atoms with Gasteiger partial charge in [-0.15, -0.1) is 0 Å². The largest absolute Gasteiger partial charge is 0.506 e. The van der Waals surface area contributed by atoms with Gasteiger partial charge in [0.15, 0.2) is 0 Å². The molecule has 1 heterocycles. The first-order chi connectivity index (χ1) is 20.3. The van der Waals surface area contributed by atoms with E-state index in [0.29, 0.717) is 23.4 Å². The number of phenolic OH excluding ortho intramolecular Hbond substituents is 1. The lowest BCUT2D eigenvalue weighted by atomic mass is 9.95. The number of phenols is 1. The summed E-state index contributed by atoms with van der Waals surface area (Å²) in [5, 5.41) is 13.5. The summed E-state index contributed by atoms with van der Waals surface area (Å²) in [6.45, 7) is -0.0572. The molecule has 0 bridgehead atoms. The first-order valence-corrected chi connectivity index (χ1v) is 13.6. The Morgan fingerprint density at radius 3 is 2.40 bits per heavy atom. The molecule has 0 saturated carbocycles. The van der Waals surface area contributed by atoms with Crippen LogP contribution < -0.4 is 10.1 Å². The third kappa shape index (κ3) is 5.89. The van der Waals surface area contributed by atoms with Gasteiger partial charge in [-0.1, -0.05) is 23.7 Å². The summed E-state index contributed by atoms with van der Waals surface area (Å²) in [7, 11) is 1.49. The quantitative estimate of drug-likeness (QED) is 0.159. The molecule has 0 aliphatic carbocycles. The van der Waals surface area contributed by atoms with E-state index in [1.54, 1.807) is 24.3 Å². The van der Waals surface area contributed by atoms with Crippen LogP contribution in [0.2, 0.25) is 5.02 Å². The summed E-state index contributed by atoms with van der Waals surface area (Å²) < 4.78 is 73.7. The van der Waals surface area contributed by atoms with Crippen molar-refractivity contribution in [2.24, 2.45) is 0 Å². The summed E-state index contributed by atoms with van der Waals surface area (Å²) in [6, 6.07) is 11.7. The number of carbonyl (C=O) groups is 2. The van der Waals surface area contributed by atoms with E-state index >= 15 is 0 Å². The molecule has 43 heavy (non-hydrogen) atoms. The first kappa shape index (κ1) is 30.3. The van der Waals surface area contributed by atoms with Gasteiger partial charge >= 0.3 is 6.18 Å². The summed E-state index contributed by atoms with van der Waals surface area (Å²) in [6.07, 6.45) is -4.92. The van der Waals surface area contributed by atoms with Crippen LogP contribution in [0.3, 0.4) is 0 Å². The highest BCUT2D eigenvalue weighted by Crippen LogP contribution is 2.50. The zero-order valence-corrected chi connectivity index (χ0v) is 24.2. The lowest BCUT2D eigenvalue weighted by molar-refractivity contribution is -0.137. The van der Waals surface area contributed by atoms with Crippen LogP contribution in [0, 0.1) is 11.6 Å². The molecule has 1 unspecified atom stereocenters. The maximum absolute atomic E-state index is 14.5. The number of hydrogen-bond acceptors (Lipinski definition) is 4. The number of nitrogens with zero attached hydrogens (tertiary/aromatic N) is 1. The minimum Gasteiger partial charge on any atom is -0.506 e. The number of nitrogens with one attached hydrogen (secondary N) is 1. The van der Waals surface area contributed by atoms with Gasteiger partial charge in [-0.05, 0) is 76.1 Å².